The van der Waals surface area contributed by atoms with Crippen LogP contribution in [0.5, 0.6) is 11.5 Å². The summed E-state index contributed by atoms with van der Waals surface area (Å²) in [6.45, 7) is 0. The largest absolute Gasteiger partial charge is 0.493 e. The number of methoxy groups -OCH3 is 3. The van der Waals surface area contributed by atoms with Crippen LogP contribution >= 0.6 is 11.3 Å². The Morgan fingerprint density at radius 2 is 1.80 bits per heavy atom. The molecule has 10 heteroatoms. The maximum atomic E-state index is 12.5. The molecule has 0 aliphatic rings. The van der Waals surface area contributed by atoms with Crippen LogP contribution in [0.4, 0.5) is 5.13 Å². The zero-order valence-electron chi connectivity index (χ0n) is 19.2. The topological polar surface area (TPSA) is 105 Å². The Morgan fingerprint density at radius 1 is 1.03 bits per heavy atom. The number of esters is 1. The molecule has 0 aliphatic carbocycles. The number of nitrogens with one attached hydrogen (secondary N) is 1. The minimum Gasteiger partial charge on any atom is -0.493 e. The highest BCUT2D eigenvalue weighted by Gasteiger charge is 2.15. The number of ether oxygens (including phenoxy) is 3. The summed E-state index contributed by atoms with van der Waals surface area (Å²) < 4.78 is 17.2. The zero-order chi connectivity index (χ0) is 24.8. The van der Waals surface area contributed by atoms with E-state index in [0.29, 0.717) is 32.8 Å². The summed E-state index contributed by atoms with van der Waals surface area (Å²) in [6.07, 6.45) is 6.25. The lowest BCUT2D eigenvalue weighted by atomic mass is 10.1. The third-order valence-electron chi connectivity index (χ3n) is 4.96. The molecule has 0 spiro atoms. The number of thiazole rings is 1. The first-order valence-electron chi connectivity index (χ1n) is 10.4. The summed E-state index contributed by atoms with van der Waals surface area (Å²) in [7, 11) is 4.43. The quantitative estimate of drug-likeness (QED) is 0.287. The van der Waals surface area contributed by atoms with E-state index in [1.165, 1.54) is 19.4 Å². The van der Waals surface area contributed by atoms with Crippen molar-refractivity contribution in [2.24, 2.45) is 0 Å². The van der Waals surface area contributed by atoms with Crippen LogP contribution in [0.15, 0.2) is 67.0 Å². The van der Waals surface area contributed by atoms with Crippen LogP contribution in [-0.2, 0) is 9.53 Å². The van der Waals surface area contributed by atoms with Gasteiger partial charge in [-0.25, -0.2) is 14.5 Å². The number of para-hydroxylation sites is 1. The summed E-state index contributed by atoms with van der Waals surface area (Å²) >= 11 is 1.03. The van der Waals surface area contributed by atoms with Crippen LogP contribution in [0.3, 0.4) is 0 Å². The van der Waals surface area contributed by atoms with E-state index in [-0.39, 0.29) is 0 Å². The lowest BCUT2D eigenvalue weighted by molar-refractivity contribution is -0.111. The van der Waals surface area contributed by atoms with Gasteiger partial charge in [0, 0.05) is 23.4 Å². The molecular weight excluding hydrogens is 468 g/mol. The number of rotatable bonds is 8. The van der Waals surface area contributed by atoms with Gasteiger partial charge >= 0.3 is 5.97 Å². The van der Waals surface area contributed by atoms with Gasteiger partial charge < -0.3 is 14.2 Å². The molecule has 1 amide bonds. The van der Waals surface area contributed by atoms with E-state index in [1.54, 1.807) is 31.0 Å². The Labute approximate surface area is 205 Å². The highest BCUT2D eigenvalue weighted by atomic mass is 32.1. The van der Waals surface area contributed by atoms with Crippen molar-refractivity contribution < 1.29 is 23.8 Å². The van der Waals surface area contributed by atoms with Gasteiger partial charge in [-0.2, -0.15) is 5.10 Å². The maximum Gasteiger partial charge on any atom is 0.349 e. The molecule has 0 radical (unpaired) electrons. The standard InChI is InChI=1S/C25H22N4O5S/c1-32-19-11-9-16(13-20(19)33-2)23-17(15-29(28-23)18-7-5-4-6-8-18)10-12-22(30)27-25-26-14-21(35-25)24(31)34-3/h4-15H,1-3H3,(H,26,27,30)/b12-10+. The molecule has 1 N–H and O–H groups in total. The first-order chi connectivity index (χ1) is 17.0. The van der Waals surface area contributed by atoms with E-state index < -0.39 is 11.9 Å². The predicted molar refractivity (Wildman–Crippen MR) is 133 cm³/mol. The summed E-state index contributed by atoms with van der Waals surface area (Å²) in [5.41, 5.74) is 3.03. The number of amides is 1. The zero-order valence-corrected chi connectivity index (χ0v) is 20.0. The molecular formula is C25H22N4O5S. The fraction of sp³-hybridized carbons (Fsp3) is 0.120. The van der Waals surface area contributed by atoms with Crippen LogP contribution in [0, 0.1) is 0 Å². The highest BCUT2D eigenvalue weighted by molar-refractivity contribution is 7.17. The first kappa shape index (κ1) is 23.7. The molecule has 9 nitrogen and oxygen atoms in total. The van der Waals surface area contributed by atoms with Gasteiger partial charge in [0.05, 0.1) is 33.2 Å². The maximum absolute atomic E-state index is 12.5. The second-order valence-corrected chi connectivity index (χ2v) is 8.16. The smallest absolute Gasteiger partial charge is 0.349 e. The second kappa shape index (κ2) is 10.7. The predicted octanol–water partition coefficient (Wildman–Crippen LogP) is 4.45. The van der Waals surface area contributed by atoms with E-state index in [9.17, 15) is 9.59 Å². The number of carbonyl (C=O) groups is 2. The Bertz CT molecular complexity index is 1380. The Morgan fingerprint density at radius 3 is 2.51 bits per heavy atom. The van der Waals surface area contributed by atoms with Crippen molar-refractivity contribution in [3.63, 3.8) is 0 Å². The first-order valence-corrected chi connectivity index (χ1v) is 11.2. The Kier molecular flexibility index (Phi) is 7.22. The second-order valence-electron chi connectivity index (χ2n) is 7.13. The molecule has 0 atom stereocenters. The molecule has 2 aromatic heterocycles. The number of carbonyl (C=O) groups excluding carboxylic acids is 2. The van der Waals surface area contributed by atoms with Gasteiger partial charge in [-0.1, -0.05) is 29.5 Å². The average Bonchev–Trinajstić information content (AvgIpc) is 3.54. The molecule has 2 aromatic carbocycles. The highest BCUT2D eigenvalue weighted by Crippen LogP contribution is 2.33. The van der Waals surface area contributed by atoms with Crippen LogP contribution in [-0.4, -0.2) is 48.0 Å². The van der Waals surface area contributed by atoms with Crippen molar-refractivity contribution in [1.82, 2.24) is 14.8 Å². The third kappa shape index (κ3) is 5.39. The summed E-state index contributed by atoms with van der Waals surface area (Å²) in [4.78, 5) is 28.5. The average molecular weight is 491 g/mol. The fourth-order valence-electron chi connectivity index (χ4n) is 3.27. The number of hydrogen-bond donors (Lipinski definition) is 1. The lowest BCUT2D eigenvalue weighted by Crippen LogP contribution is -2.07. The number of benzene rings is 2. The van der Waals surface area contributed by atoms with Crippen LogP contribution in [0.1, 0.15) is 15.2 Å². The molecule has 2 heterocycles. The summed E-state index contributed by atoms with van der Waals surface area (Å²) in [5, 5.41) is 7.70. The minimum atomic E-state index is -0.508. The minimum absolute atomic E-state index is 0.292. The fourth-order valence-corrected chi connectivity index (χ4v) is 4.01. The van der Waals surface area contributed by atoms with E-state index in [0.717, 1.165) is 22.6 Å². The normalized spacial score (nSPS) is 10.8. The SMILES string of the molecule is COC(=O)c1cnc(NC(=O)/C=C/c2cn(-c3ccccc3)nc2-c2ccc(OC)c(OC)c2)s1. The number of anilines is 1. The molecule has 0 saturated heterocycles. The van der Waals surface area contributed by atoms with Crippen molar-refractivity contribution in [1.29, 1.82) is 0 Å². The molecule has 0 saturated carbocycles. The van der Waals surface area contributed by atoms with Crippen LogP contribution in [0.2, 0.25) is 0 Å². The van der Waals surface area contributed by atoms with Gasteiger partial charge in [-0.05, 0) is 36.4 Å². The van der Waals surface area contributed by atoms with Crippen LogP contribution < -0.4 is 14.8 Å². The monoisotopic (exact) mass is 490 g/mol. The van der Waals surface area contributed by atoms with Gasteiger partial charge in [0.15, 0.2) is 16.6 Å². The number of hydrogen-bond acceptors (Lipinski definition) is 8. The van der Waals surface area contributed by atoms with Gasteiger partial charge in [-0.3, -0.25) is 10.1 Å². The van der Waals surface area contributed by atoms with Crippen molar-refractivity contribution in [3.05, 3.63) is 77.4 Å². The molecule has 0 aliphatic heterocycles. The van der Waals surface area contributed by atoms with Crippen molar-refractivity contribution in [2.45, 2.75) is 0 Å². The molecule has 178 valence electrons. The van der Waals surface area contributed by atoms with E-state index in [1.807, 2.05) is 48.7 Å². The van der Waals surface area contributed by atoms with E-state index >= 15 is 0 Å². The van der Waals surface area contributed by atoms with Crippen molar-refractivity contribution in [2.75, 3.05) is 26.6 Å². The third-order valence-corrected chi connectivity index (χ3v) is 5.85. The summed E-state index contributed by atoms with van der Waals surface area (Å²) in [5.74, 6) is 0.259. The molecule has 0 fully saturated rings. The molecule has 0 unspecified atom stereocenters. The van der Waals surface area contributed by atoms with Gasteiger partial charge in [0.1, 0.15) is 10.6 Å². The lowest BCUT2D eigenvalue weighted by Gasteiger charge is -2.09. The van der Waals surface area contributed by atoms with Crippen molar-refractivity contribution in [3.8, 4) is 28.4 Å². The van der Waals surface area contributed by atoms with Gasteiger partial charge in [0.2, 0.25) is 5.91 Å². The van der Waals surface area contributed by atoms with E-state index in [4.69, 9.17) is 14.6 Å². The van der Waals surface area contributed by atoms with Crippen LogP contribution in [0.25, 0.3) is 23.0 Å². The summed E-state index contributed by atoms with van der Waals surface area (Å²) in [6, 6.07) is 15.2. The van der Waals surface area contributed by atoms with Crippen molar-refractivity contribution >= 4 is 34.4 Å². The Balaban J connectivity index is 1.65. The Hall–Kier alpha value is -4.44. The number of aromatic nitrogens is 3. The molecule has 4 rings (SSSR count). The molecule has 4 aromatic rings. The number of nitrogens with zero attached hydrogens (tertiary/aromatic N) is 3. The molecule has 0 bridgehead atoms. The molecule has 35 heavy (non-hydrogen) atoms. The van der Waals surface area contributed by atoms with Gasteiger partial charge in [-0.15, -0.1) is 0 Å². The van der Waals surface area contributed by atoms with Gasteiger partial charge in [0.25, 0.3) is 0 Å². The van der Waals surface area contributed by atoms with E-state index in [2.05, 4.69) is 15.0 Å².